The average Bonchev–Trinajstić information content (AvgIpc) is 2.83. The molecule has 1 atom stereocenters. The Morgan fingerprint density at radius 2 is 1.88 bits per heavy atom. The summed E-state index contributed by atoms with van der Waals surface area (Å²) in [5.74, 6) is -0.118. The van der Waals surface area contributed by atoms with Crippen LogP contribution in [0.5, 0.6) is 5.75 Å². The molecule has 1 aromatic heterocycles. The third kappa shape index (κ3) is 7.40. The van der Waals surface area contributed by atoms with Crippen LogP contribution in [0.15, 0.2) is 71.9 Å². The molecule has 0 aliphatic rings. The second kappa shape index (κ2) is 12.1. The van der Waals surface area contributed by atoms with Crippen molar-refractivity contribution in [1.29, 1.82) is 0 Å². The van der Waals surface area contributed by atoms with Crippen molar-refractivity contribution in [3.63, 3.8) is 0 Å². The van der Waals surface area contributed by atoms with Crippen LogP contribution in [0, 0.1) is 0 Å². The van der Waals surface area contributed by atoms with Gasteiger partial charge in [-0.3, -0.25) is 0 Å². The number of benzene rings is 2. The number of carboxylic acid groups (broad SMARTS) is 1. The fourth-order valence-electron chi connectivity index (χ4n) is 3.03. The second-order valence-corrected chi connectivity index (χ2v) is 8.48. The van der Waals surface area contributed by atoms with E-state index in [1.54, 1.807) is 42.2 Å². The molecule has 9 heteroatoms. The highest BCUT2D eigenvalue weighted by atomic mass is 35.5. The number of aromatic carboxylic acids is 1. The second-order valence-electron chi connectivity index (χ2n) is 6.93. The summed E-state index contributed by atoms with van der Waals surface area (Å²) in [5.41, 5.74) is 1.31. The lowest BCUT2D eigenvalue weighted by Gasteiger charge is -2.19. The van der Waals surface area contributed by atoms with E-state index in [9.17, 15) is 14.7 Å². The first-order valence-electron chi connectivity index (χ1n) is 10.1. The number of nitrogens with zero attached hydrogens (tertiary/aromatic N) is 1. The van der Waals surface area contributed by atoms with Crippen molar-refractivity contribution in [2.45, 2.75) is 17.5 Å². The smallest absolute Gasteiger partial charge is 0.337 e. The zero-order valence-corrected chi connectivity index (χ0v) is 19.4. The number of aromatic nitrogens is 1. The minimum absolute atomic E-state index is 0.0850. The van der Waals surface area contributed by atoms with E-state index in [0.717, 1.165) is 16.3 Å². The van der Waals surface area contributed by atoms with Crippen molar-refractivity contribution in [3.8, 4) is 5.75 Å². The molecule has 0 radical (unpaired) electrons. The lowest BCUT2D eigenvalue weighted by Crippen LogP contribution is -2.33. The molecule has 3 aromatic rings. The van der Waals surface area contributed by atoms with Gasteiger partial charge in [-0.1, -0.05) is 35.9 Å². The average molecular weight is 487 g/mol. The van der Waals surface area contributed by atoms with Crippen LogP contribution in [0.3, 0.4) is 0 Å². The van der Waals surface area contributed by atoms with Crippen LogP contribution in [-0.2, 0) is 16.0 Å². The van der Waals surface area contributed by atoms with E-state index >= 15 is 0 Å². The van der Waals surface area contributed by atoms with Gasteiger partial charge in [-0.2, -0.15) is 0 Å². The molecular formula is C24H23ClN2O5S. The lowest BCUT2D eigenvalue weighted by molar-refractivity contribution is -0.141. The Morgan fingerprint density at radius 3 is 2.55 bits per heavy atom. The van der Waals surface area contributed by atoms with Gasteiger partial charge < -0.3 is 19.9 Å². The number of halogens is 1. The molecule has 0 saturated heterocycles. The summed E-state index contributed by atoms with van der Waals surface area (Å²) in [5, 5.41) is 13.9. The molecule has 0 spiro atoms. The number of esters is 1. The molecule has 0 saturated carbocycles. The molecule has 2 aromatic carbocycles. The van der Waals surface area contributed by atoms with Crippen molar-refractivity contribution in [1.82, 2.24) is 4.98 Å². The monoisotopic (exact) mass is 486 g/mol. The Balaban J connectivity index is 1.56. The number of anilines is 1. The number of hydrogen-bond acceptors (Lipinski definition) is 7. The van der Waals surface area contributed by atoms with Gasteiger partial charge in [0.2, 0.25) is 0 Å². The Labute approximate surface area is 201 Å². The summed E-state index contributed by atoms with van der Waals surface area (Å²) in [4.78, 5) is 28.0. The number of para-hydroxylation sites is 1. The molecule has 0 fully saturated rings. The number of carboxylic acids is 1. The van der Waals surface area contributed by atoms with Crippen molar-refractivity contribution < 1.29 is 24.2 Å². The highest BCUT2D eigenvalue weighted by Gasteiger charge is 2.22. The molecule has 0 bridgehead atoms. The summed E-state index contributed by atoms with van der Waals surface area (Å²) < 4.78 is 10.7. The van der Waals surface area contributed by atoms with E-state index in [1.807, 2.05) is 30.3 Å². The van der Waals surface area contributed by atoms with Gasteiger partial charge >= 0.3 is 11.9 Å². The summed E-state index contributed by atoms with van der Waals surface area (Å²) in [6.07, 6.45) is 1.93. The Morgan fingerprint density at radius 1 is 1.12 bits per heavy atom. The number of carbonyl (C=O) groups excluding carboxylic acids is 1. The first kappa shape index (κ1) is 24.4. The van der Waals surface area contributed by atoms with Gasteiger partial charge in [-0.05, 0) is 42.0 Å². The third-order valence-corrected chi connectivity index (χ3v) is 5.77. The molecule has 3 rings (SSSR count). The first-order chi connectivity index (χ1) is 16.0. The molecule has 1 unspecified atom stereocenters. The fraction of sp³-hybridized carbons (Fsp3) is 0.208. The van der Waals surface area contributed by atoms with E-state index in [1.165, 1.54) is 13.2 Å². The van der Waals surface area contributed by atoms with Gasteiger partial charge in [-0.25, -0.2) is 14.6 Å². The van der Waals surface area contributed by atoms with Crippen molar-refractivity contribution in [3.05, 3.63) is 83.0 Å². The number of pyridine rings is 1. The maximum Gasteiger partial charge on any atom is 0.337 e. The highest BCUT2D eigenvalue weighted by molar-refractivity contribution is 7.99. The molecule has 0 amide bonds. The molecule has 33 heavy (non-hydrogen) atoms. The fourth-order valence-corrected chi connectivity index (χ4v) is 3.81. The highest BCUT2D eigenvalue weighted by Crippen LogP contribution is 2.21. The van der Waals surface area contributed by atoms with Crippen LogP contribution in [0.2, 0.25) is 5.02 Å². The van der Waals surface area contributed by atoms with Crippen molar-refractivity contribution in [2.24, 2.45) is 0 Å². The third-order valence-electron chi connectivity index (χ3n) is 4.64. The number of carbonyl (C=O) groups is 2. The largest absolute Gasteiger partial charge is 0.493 e. The number of hydrogen-bond donors (Lipinski definition) is 2. The van der Waals surface area contributed by atoms with Gasteiger partial charge in [0.05, 0.1) is 29.3 Å². The van der Waals surface area contributed by atoms with Gasteiger partial charge in [0, 0.05) is 24.1 Å². The van der Waals surface area contributed by atoms with Crippen LogP contribution >= 0.6 is 23.4 Å². The predicted octanol–water partition coefficient (Wildman–Crippen LogP) is 4.80. The zero-order chi connectivity index (χ0) is 23.6. The molecular weight excluding hydrogens is 464 g/mol. The number of rotatable bonds is 11. The van der Waals surface area contributed by atoms with Crippen LogP contribution in [0.1, 0.15) is 15.9 Å². The number of nitrogens with one attached hydrogen (secondary N) is 1. The van der Waals surface area contributed by atoms with Crippen LogP contribution in [0.25, 0.3) is 0 Å². The van der Waals surface area contributed by atoms with Crippen molar-refractivity contribution in [2.75, 3.05) is 24.8 Å². The van der Waals surface area contributed by atoms with Crippen LogP contribution < -0.4 is 10.1 Å². The van der Waals surface area contributed by atoms with E-state index in [2.05, 4.69) is 10.3 Å². The minimum Gasteiger partial charge on any atom is -0.493 e. The van der Waals surface area contributed by atoms with E-state index in [4.69, 9.17) is 21.1 Å². The van der Waals surface area contributed by atoms with Gasteiger partial charge in [-0.15, -0.1) is 11.8 Å². The number of thioether (sulfide) groups is 1. The maximum absolute atomic E-state index is 12.3. The van der Waals surface area contributed by atoms with Crippen LogP contribution in [0.4, 0.5) is 5.69 Å². The van der Waals surface area contributed by atoms with Gasteiger partial charge in [0.15, 0.2) is 0 Å². The Kier molecular flexibility index (Phi) is 8.97. The van der Waals surface area contributed by atoms with E-state index in [0.29, 0.717) is 29.5 Å². The topological polar surface area (TPSA) is 97.8 Å². The van der Waals surface area contributed by atoms with Gasteiger partial charge in [0.1, 0.15) is 11.8 Å². The summed E-state index contributed by atoms with van der Waals surface area (Å²) >= 11 is 7.41. The molecule has 0 aliphatic carbocycles. The standard InChI is InChI=1S/C24H23ClN2O5S/c1-31-24(30)21(27-20-5-3-2-4-19(20)23(28)29)14-16-6-9-18(10-7-16)32-12-13-33-22-11-8-17(25)15-26-22/h2-11,15,21,27H,12-14H2,1H3,(H,28,29). The minimum atomic E-state index is -1.08. The number of ether oxygens (including phenoxy) is 2. The molecule has 2 N–H and O–H groups in total. The first-order valence-corrected chi connectivity index (χ1v) is 11.5. The van der Waals surface area contributed by atoms with Crippen molar-refractivity contribution >= 4 is 41.0 Å². The Hall–Kier alpha value is -3.23. The molecule has 1 heterocycles. The lowest BCUT2D eigenvalue weighted by atomic mass is 10.0. The number of methoxy groups -OCH3 is 1. The molecule has 0 aliphatic heterocycles. The normalized spacial score (nSPS) is 11.5. The Bertz CT molecular complexity index is 1080. The van der Waals surface area contributed by atoms with Gasteiger partial charge in [0.25, 0.3) is 0 Å². The zero-order valence-electron chi connectivity index (χ0n) is 17.9. The SMILES string of the molecule is COC(=O)C(Cc1ccc(OCCSc2ccc(Cl)cn2)cc1)Nc1ccccc1C(=O)O. The van der Waals surface area contributed by atoms with E-state index < -0.39 is 18.0 Å². The molecule has 172 valence electrons. The maximum atomic E-state index is 12.3. The summed E-state index contributed by atoms with van der Waals surface area (Å²) in [6, 6.07) is 16.7. The molecule has 7 nitrogen and oxygen atoms in total. The van der Waals surface area contributed by atoms with Crippen LogP contribution in [-0.4, -0.2) is 47.5 Å². The predicted molar refractivity (Wildman–Crippen MR) is 128 cm³/mol. The quantitative estimate of drug-likeness (QED) is 0.226. The summed E-state index contributed by atoms with van der Waals surface area (Å²) in [7, 11) is 1.30. The summed E-state index contributed by atoms with van der Waals surface area (Å²) in [6.45, 7) is 0.507. The van der Waals surface area contributed by atoms with E-state index in [-0.39, 0.29) is 5.56 Å².